The molecular weight excluding hydrogens is 372 g/mol. The fourth-order valence-corrected chi connectivity index (χ4v) is 3.82. The Morgan fingerprint density at radius 1 is 0.900 bits per heavy atom. The largest absolute Gasteiger partial charge is 0.462 e. The van der Waals surface area contributed by atoms with Crippen LogP contribution in [0.15, 0.2) is 91.3 Å². The van der Waals surface area contributed by atoms with E-state index in [2.05, 4.69) is 52.0 Å². The van der Waals surface area contributed by atoms with Gasteiger partial charge in [-0.25, -0.2) is 9.78 Å². The smallest absolute Gasteiger partial charge is 0.338 e. The maximum absolute atomic E-state index is 11.9. The van der Waals surface area contributed by atoms with Crippen LogP contribution in [-0.4, -0.2) is 22.1 Å². The van der Waals surface area contributed by atoms with E-state index >= 15 is 0 Å². The van der Waals surface area contributed by atoms with Crippen LogP contribution >= 0.6 is 0 Å². The van der Waals surface area contributed by atoms with Crippen LogP contribution in [0.25, 0.3) is 38.6 Å². The first-order valence-electron chi connectivity index (χ1n) is 9.97. The molecule has 0 unspecified atom stereocenters. The number of ether oxygens (including phenoxy) is 1. The number of hydrogen-bond acceptors (Lipinski definition) is 3. The highest BCUT2D eigenvalue weighted by Gasteiger charge is 2.10. The number of benzene rings is 4. The van der Waals surface area contributed by atoms with Gasteiger partial charge in [-0.3, -0.25) is 4.57 Å². The average molecular weight is 392 g/mol. The molecule has 5 rings (SSSR count). The van der Waals surface area contributed by atoms with Crippen LogP contribution in [0.1, 0.15) is 17.3 Å². The molecule has 0 saturated heterocycles. The minimum atomic E-state index is -0.292. The lowest BCUT2D eigenvalue weighted by Crippen LogP contribution is -2.03. The van der Waals surface area contributed by atoms with Crippen LogP contribution in [-0.2, 0) is 4.74 Å². The van der Waals surface area contributed by atoms with Crippen molar-refractivity contribution in [1.29, 1.82) is 0 Å². The Morgan fingerprint density at radius 2 is 1.70 bits per heavy atom. The van der Waals surface area contributed by atoms with Crippen LogP contribution in [0.5, 0.6) is 0 Å². The van der Waals surface area contributed by atoms with Crippen molar-refractivity contribution in [3.05, 3.63) is 96.8 Å². The van der Waals surface area contributed by atoms with Crippen molar-refractivity contribution in [3.63, 3.8) is 0 Å². The summed E-state index contributed by atoms with van der Waals surface area (Å²) >= 11 is 0. The van der Waals surface area contributed by atoms with Gasteiger partial charge in [0.15, 0.2) is 0 Å². The summed E-state index contributed by atoms with van der Waals surface area (Å²) in [7, 11) is 0. The molecule has 0 radical (unpaired) electrons. The molecule has 0 aliphatic heterocycles. The van der Waals surface area contributed by atoms with Crippen molar-refractivity contribution in [2.75, 3.05) is 6.61 Å². The molecule has 0 aliphatic carbocycles. The topological polar surface area (TPSA) is 44.1 Å². The molecule has 0 bridgehead atoms. The highest BCUT2D eigenvalue weighted by atomic mass is 16.5. The molecule has 0 aliphatic rings. The zero-order valence-electron chi connectivity index (χ0n) is 16.6. The summed E-state index contributed by atoms with van der Waals surface area (Å²) in [5.74, 6) is -0.292. The van der Waals surface area contributed by atoms with Gasteiger partial charge in [-0.05, 0) is 59.8 Å². The Kier molecular flexibility index (Phi) is 4.52. The van der Waals surface area contributed by atoms with Crippen LogP contribution in [0.4, 0.5) is 0 Å². The molecule has 0 N–H and O–H groups in total. The van der Waals surface area contributed by atoms with E-state index in [1.807, 2.05) is 55.7 Å². The molecule has 4 nitrogen and oxygen atoms in total. The van der Waals surface area contributed by atoms with Crippen molar-refractivity contribution < 1.29 is 9.53 Å². The fourth-order valence-electron chi connectivity index (χ4n) is 3.82. The van der Waals surface area contributed by atoms with Crippen LogP contribution < -0.4 is 0 Å². The molecule has 4 aromatic carbocycles. The summed E-state index contributed by atoms with van der Waals surface area (Å²) in [6.07, 6.45) is 1.88. The zero-order chi connectivity index (χ0) is 20.5. The summed E-state index contributed by atoms with van der Waals surface area (Å²) in [5, 5.41) is 2.31. The minimum absolute atomic E-state index is 0.292. The Labute approximate surface area is 174 Å². The molecule has 1 heterocycles. The van der Waals surface area contributed by atoms with E-state index in [1.54, 1.807) is 0 Å². The normalized spacial score (nSPS) is 11.1. The Hall–Kier alpha value is -3.92. The molecule has 1 aromatic heterocycles. The van der Waals surface area contributed by atoms with Crippen LogP contribution in [0, 0.1) is 0 Å². The predicted molar refractivity (Wildman–Crippen MR) is 120 cm³/mol. The van der Waals surface area contributed by atoms with Crippen molar-refractivity contribution in [2.24, 2.45) is 0 Å². The first-order valence-corrected chi connectivity index (χ1v) is 9.97. The van der Waals surface area contributed by atoms with Crippen molar-refractivity contribution in [1.82, 2.24) is 9.55 Å². The molecule has 0 fully saturated rings. The molecule has 0 amide bonds. The number of rotatable bonds is 4. The SMILES string of the molecule is CCOC(=O)c1ccc(-c2ccc3c(-n4cnc5ccccc54)cccc3c2)cc1. The number of carbonyl (C=O) groups excluding carboxylic acids is 1. The standard InChI is InChI=1S/C26H20N2O2/c1-2-30-26(29)19-12-10-18(11-13-19)20-14-15-22-21(16-20)6-5-9-24(22)28-17-27-23-7-3-4-8-25(23)28/h3-17H,2H2,1H3. The van der Waals surface area contributed by atoms with E-state index in [4.69, 9.17) is 4.74 Å². The third-order valence-corrected chi connectivity index (χ3v) is 5.30. The van der Waals surface area contributed by atoms with Gasteiger partial charge in [0.2, 0.25) is 0 Å². The van der Waals surface area contributed by atoms with Gasteiger partial charge in [0.25, 0.3) is 0 Å². The van der Waals surface area contributed by atoms with Gasteiger partial charge >= 0.3 is 5.97 Å². The number of esters is 1. The summed E-state index contributed by atoms with van der Waals surface area (Å²) in [6, 6.07) is 28.4. The number of nitrogens with zero attached hydrogens (tertiary/aromatic N) is 2. The fraction of sp³-hybridized carbons (Fsp3) is 0.0769. The molecule has 0 saturated carbocycles. The molecule has 146 valence electrons. The van der Waals surface area contributed by atoms with Gasteiger partial charge in [-0.15, -0.1) is 0 Å². The minimum Gasteiger partial charge on any atom is -0.462 e. The molecular formula is C26H20N2O2. The second kappa shape index (κ2) is 7.48. The first kappa shape index (κ1) is 18.1. The highest BCUT2D eigenvalue weighted by molar-refractivity contribution is 5.95. The van der Waals surface area contributed by atoms with E-state index in [-0.39, 0.29) is 5.97 Å². The summed E-state index contributed by atoms with van der Waals surface area (Å²) in [4.78, 5) is 16.4. The second-order valence-corrected chi connectivity index (χ2v) is 7.11. The predicted octanol–water partition coefficient (Wildman–Crippen LogP) is 6.02. The molecule has 0 atom stereocenters. The molecule has 4 heteroatoms. The number of imidazole rings is 1. The monoisotopic (exact) mass is 392 g/mol. The molecule has 0 spiro atoms. The Balaban J connectivity index is 1.55. The van der Waals surface area contributed by atoms with Crippen molar-refractivity contribution in [2.45, 2.75) is 6.92 Å². The first-order chi connectivity index (χ1) is 14.7. The third-order valence-electron chi connectivity index (χ3n) is 5.30. The maximum atomic E-state index is 11.9. The van der Waals surface area contributed by atoms with E-state index < -0.39 is 0 Å². The van der Waals surface area contributed by atoms with Gasteiger partial charge in [0.05, 0.1) is 28.9 Å². The van der Waals surface area contributed by atoms with E-state index in [1.165, 1.54) is 0 Å². The van der Waals surface area contributed by atoms with E-state index in [9.17, 15) is 4.79 Å². The number of fused-ring (bicyclic) bond motifs is 2. The quantitative estimate of drug-likeness (QED) is 0.351. The lowest BCUT2D eigenvalue weighted by molar-refractivity contribution is 0.0526. The average Bonchev–Trinajstić information content (AvgIpc) is 3.22. The highest BCUT2D eigenvalue weighted by Crippen LogP contribution is 2.30. The van der Waals surface area contributed by atoms with Crippen molar-refractivity contribution in [3.8, 4) is 16.8 Å². The maximum Gasteiger partial charge on any atom is 0.338 e. The number of para-hydroxylation sites is 2. The van der Waals surface area contributed by atoms with Gasteiger partial charge in [-0.2, -0.15) is 0 Å². The van der Waals surface area contributed by atoms with E-state index in [0.717, 1.165) is 38.6 Å². The molecule has 30 heavy (non-hydrogen) atoms. The van der Waals surface area contributed by atoms with Gasteiger partial charge in [-0.1, -0.05) is 48.5 Å². The number of carbonyl (C=O) groups is 1. The second-order valence-electron chi connectivity index (χ2n) is 7.11. The van der Waals surface area contributed by atoms with Gasteiger partial charge in [0, 0.05) is 5.39 Å². The van der Waals surface area contributed by atoms with Gasteiger partial charge in [0.1, 0.15) is 6.33 Å². The van der Waals surface area contributed by atoms with Gasteiger partial charge < -0.3 is 4.74 Å². The zero-order valence-corrected chi connectivity index (χ0v) is 16.6. The lowest BCUT2D eigenvalue weighted by Gasteiger charge is -2.11. The Morgan fingerprint density at radius 3 is 2.53 bits per heavy atom. The molecule has 5 aromatic rings. The van der Waals surface area contributed by atoms with Crippen LogP contribution in [0.2, 0.25) is 0 Å². The van der Waals surface area contributed by atoms with Crippen LogP contribution in [0.3, 0.4) is 0 Å². The summed E-state index contributed by atoms with van der Waals surface area (Å²) in [6.45, 7) is 2.18. The summed E-state index contributed by atoms with van der Waals surface area (Å²) in [5.41, 5.74) is 5.89. The lowest BCUT2D eigenvalue weighted by atomic mass is 9.99. The van der Waals surface area contributed by atoms with E-state index in [0.29, 0.717) is 12.2 Å². The third kappa shape index (κ3) is 3.12. The number of aromatic nitrogens is 2. The van der Waals surface area contributed by atoms with Crippen molar-refractivity contribution >= 4 is 27.8 Å². The summed E-state index contributed by atoms with van der Waals surface area (Å²) < 4.78 is 7.19. The number of hydrogen-bond donors (Lipinski definition) is 0. The Bertz CT molecular complexity index is 1370.